The number of benzene rings is 3. The van der Waals surface area contributed by atoms with Gasteiger partial charge in [0.05, 0.1) is 24.9 Å². The third-order valence-corrected chi connectivity index (χ3v) is 12.1. The molecule has 10 nitrogen and oxygen atoms in total. The summed E-state index contributed by atoms with van der Waals surface area (Å²) >= 11 is 0. The van der Waals surface area contributed by atoms with Gasteiger partial charge in [0.2, 0.25) is 17.7 Å². The zero-order valence-corrected chi connectivity index (χ0v) is 32.0. The Morgan fingerprint density at radius 1 is 0.818 bits per heavy atom. The molecule has 3 aromatic carbocycles. The molecule has 4 heterocycles. The minimum absolute atomic E-state index is 0.0379. The monoisotopic (exact) mass is 746 g/mol. The van der Waals surface area contributed by atoms with Crippen molar-refractivity contribution in [2.45, 2.75) is 109 Å². The van der Waals surface area contributed by atoms with Crippen molar-refractivity contribution in [3.8, 4) is 0 Å². The lowest BCUT2D eigenvalue weighted by atomic mass is 9.82. The number of hydrogen-bond donors (Lipinski definition) is 2. The number of aliphatic hydroxyl groups excluding tert-OH is 1. The Morgan fingerprint density at radius 2 is 1.44 bits per heavy atom. The molecular formula is C45H54N4O6. The minimum atomic E-state index is -1.95. The molecule has 2 fully saturated rings. The second-order valence-corrected chi connectivity index (χ2v) is 15.7. The molecular weight excluding hydrogens is 693 g/mol. The Bertz CT molecular complexity index is 1930. The van der Waals surface area contributed by atoms with Crippen LogP contribution in [0.3, 0.4) is 0 Å². The number of hydrogen-bond acceptors (Lipinski definition) is 6. The Kier molecular flexibility index (Phi) is 11.8. The smallest absolute Gasteiger partial charge is 0.264 e. The molecule has 4 aliphatic heterocycles. The normalized spacial score (nSPS) is 22.9. The van der Waals surface area contributed by atoms with Gasteiger partial charge in [0.1, 0.15) is 0 Å². The van der Waals surface area contributed by atoms with Crippen LogP contribution in [0.1, 0.15) is 99.8 Å². The molecule has 2 N–H and O–H groups in total. The Hall–Kier alpha value is -4.80. The minimum Gasteiger partial charge on any atom is -0.394 e. The van der Waals surface area contributed by atoms with Crippen LogP contribution in [0.5, 0.6) is 0 Å². The van der Waals surface area contributed by atoms with E-state index in [1.807, 2.05) is 65.6 Å². The van der Waals surface area contributed by atoms with Gasteiger partial charge in [-0.05, 0) is 79.1 Å². The van der Waals surface area contributed by atoms with E-state index in [-0.39, 0.29) is 43.3 Å². The molecule has 0 aliphatic carbocycles. The highest BCUT2D eigenvalue weighted by molar-refractivity contribution is 6.08. The quantitative estimate of drug-likeness (QED) is 0.240. The van der Waals surface area contributed by atoms with Gasteiger partial charge >= 0.3 is 0 Å². The zero-order chi connectivity index (χ0) is 38.5. The van der Waals surface area contributed by atoms with Crippen molar-refractivity contribution in [3.63, 3.8) is 0 Å². The van der Waals surface area contributed by atoms with E-state index in [2.05, 4.69) is 0 Å². The molecule has 0 aromatic heterocycles. The summed E-state index contributed by atoms with van der Waals surface area (Å²) in [6.07, 6.45) is 12.9. The predicted octanol–water partition coefficient (Wildman–Crippen LogP) is 6.54. The molecule has 3 atom stereocenters. The SMILES string of the molecule is C[C@@H](/C=C/CC(=O)N1Cc2ccccc2C[C@H]1CO)[C@]1(O)C(=O)N(Cc2ccc(N3CCCCCCC3=O)cc2)c2ccc(N3CCCCCCC3=O)cc21. The van der Waals surface area contributed by atoms with Gasteiger partial charge in [-0.3, -0.25) is 19.2 Å². The van der Waals surface area contributed by atoms with Crippen molar-refractivity contribution in [3.05, 3.63) is 101 Å². The fraction of sp³-hybridized carbons (Fsp3) is 0.467. The fourth-order valence-electron chi connectivity index (χ4n) is 8.76. The van der Waals surface area contributed by atoms with Gasteiger partial charge in [-0.1, -0.05) is 81.2 Å². The third kappa shape index (κ3) is 7.98. The Labute approximate surface area is 324 Å². The van der Waals surface area contributed by atoms with Crippen LogP contribution in [0.4, 0.5) is 17.1 Å². The van der Waals surface area contributed by atoms with Gasteiger partial charge in [0.15, 0.2) is 5.60 Å². The number of aliphatic hydroxyl groups is 2. The average Bonchev–Trinajstić information content (AvgIpc) is 3.39. The molecule has 0 radical (unpaired) electrons. The lowest BCUT2D eigenvalue weighted by molar-refractivity contribution is -0.139. The van der Waals surface area contributed by atoms with Crippen molar-refractivity contribution in [2.24, 2.45) is 5.92 Å². The molecule has 7 rings (SSSR count). The number of amides is 4. The summed E-state index contributed by atoms with van der Waals surface area (Å²) in [5.41, 5.74) is 3.61. The van der Waals surface area contributed by atoms with E-state index < -0.39 is 17.4 Å². The van der Waals surface area contributed by atoms with Crippen LogP contribution in [0.25, 0.3) is 0 Å². The molecule has 4 amide bonds. The van der Waals surface area contributed by atoms with Gasteiger partial charge < -0.3 is 29.8 Å². The van der Waals surface area contributed by atoms with E-state index >= 15 is 0 Å². The van der Waals surface area contributed by atoms with Gasteiger partial charge in [-0.2, -0.15) is 0 Å². The van der Waals surface area contributed by atoms with Crippen molar-refractivity contribution < 1.29 is 29.4 Å². The van der Waals surface area contributed by atoms with Gasteiger partial charge in [0, 0.05) is 61.8 Å². The van der Waals surface area contributed by atoms with Crippen LogP contribution < -0.4 is 14.7 Å². The van der Waals surface area contributed by atoms with Gasteiger partial charge in [-0.15, -0.1) is 0 Å². The topological polar surface area (TPSA) is 122 Å². The molecule has 10 heteroatoms. The molecule has 4 aliphatic rings. The summed E-state index contributed by atoms with van der Waals surface area (Å²) in [7, 11) is 0. The number of fused-ring (bicyclic) bond motifs is 2. The van der Waals surface area contributed by atoms with E-state index in [0.717, 1.165) is 73.7 Å². The number of carbonyl (C=O) groups excluding carboxylic acids is 4. The van der Waals surface area contributed by atoms with Crippen molar-refractivity contribution in [1.29, 1.82) is 0 Å². The highest BCUT2D eigenvalue weighted by atomic mass is 16.3. The van der Waals surface area contributed by atoms with Crippen LogP contribution in [0.2, 0.25) is 0 Å². The standard InChI is InChI=1S/C45H54N4O6/c1-32(13-12-18-43(53)48-30-35-15-9-8-14-34(35)27-38(48)31-50)45(55)39-28-37(47-26-11-5-3-7-17-42(47)52)23-24-40(39)49(44(45)54)29-33-19-21-36(22-20-33)46-25-10-4-2-6-16-41(46)51/h8-9,12-15,19-24,28,32,38,50,55H,2-7,10-11,16-18,25-27,29-31H2,1H3/b13-12+/t32-,38-,45+/m0/s1. The fourth-order valence-corrected chi connectivity index (χ4v) is 8.76. The first-order chi connectivity index (χ1) is 26.7. The van der Waals surface area contributed by atoms with Gasteiger partial charge in [0.25, 0.3) is 5.91 Å². The van der Waals surface area contributed by atoms with Crippen LogP contribution >= 0.6 is 0 Å². The van der Waals surface area contributed by atoms with Crippen molar-refractivity contribution in [2.75, 3.05) is 34.4 Å². The summed E-state index contributed by atoms with van der Waals surface area (Å²) in [4.78, 5) is 61.2. The van der Waals surface area contributed by atoms with E-state index in [1.165, 1.54) is 0 Å². The van der Waals surface area contributed by atoms with Crippen LogP contribution in [-0.4, -0.2) is 64.5 Å². The Morgan fingerprint density at radius 3 is 2.11 bits per heavy atom. The number of anilines is 3. The first kappa shape index (κ1) is 38.5. The molecule has 0 unspecified atom stereocenters. The first-order valence-corrected chi connectivity index (χ1v) is 20.2. The maximum atomic E-state index is 14.6. The second-order valence-electron chi connectivity index (χ2n) is 15.7. The molecule has 0 bridgehead atoms. The summed E-state index contributed by atoms with van der Waals surface area (Å²) in [6, 6.07) is 20.9. The van der Waals surface area contributed by atoms with E-state index in [0.29, 0.717) is 55.8 Å². The predicted molar refractivity (Wildman–Crippen MR) is 213 cm³/mol. The highest BCUT2D eigenvalue weighted by Gasteiger charge is 2.53. The molecule has 2 saturated heterocycles. The molecule has 0 spiro atoms. The number of rotatable bonds is 9. The van der Waals surface area contributed by atoms with Crippen molar-refractivity contribution in [1.82, 2.24) is 4.90 Å². The molecule has 290 valence electrons. The molecule has 3 aromatic rings. The maximum Gasteiger partial charge on any atom is 0.264 e. The molecule has 55 heavy (non-hydrogen) atoms. The lowest BCUT2D eigenvalue weighted by Crippen LogP contribution is -2.46. The van der Waals surface area contributed by atoms with Crippen LogP contribution in [-0.2, 0) is 44.3 Å². The summed E-state index contributed by atoms with van der Waals surface area (Å²) < 4.78 is 0. The molecule has 0 saturated carbocycles. The first-order valence-electron chi connectivity index (χ1n) is 20.2. The largest absolute Gasteiger partial charge is 0.394 e. The van der Waals surface area contributed by atoms with Gasteiger partial charge in [-0.25, -0.2) is 0 Å². The zero-order valence-electron chi connectivity index (χ0n) is 32.0. The maximum absolute atomic E-state index is 14.6. The van der Waals surface area contributed by atoms with E-state index in [4.69, 9.17) is 0 Å². The van der Waals surface area contributed by atoms with Crippen molar-refractivity contribution >= 4 is 40.7 Å². The summed E-state index contributed by atoms with van der Waals surface area (Å²) in [5, 5.41) is 22.7. The Balaban J connectivity index is 1.14. The number of nitrogens with zero attached hydrogens (tertiary/aromatic N) is 4. The second kappa shape index (κ2) is 16.9. The lowest BCUT2D eigenvalue weighted by Gasteiger charge is -2.36. The van der Waals surface area contributed by atoms with Crippen LogP contribution in [0, 0.1) is 5.92 Å². The summed E-state index contributed by atoms with van der Waals surface area (Å²) in [5.74, 6) is -1.16. The van der Waals surface area contributed by atoms with E-state index in [1.54, 1.807) is 39.8 Å². The van der Waals surface area contributed by atoms with Crippen LogP contribution in [0.15, 0.2) is 78.9 Å². The highest BCUT2D eigenvalue weighted by Crippen LogP contribution is 2.47. The third-order valence-electron chi connectivity index (χ3n) is 12.1. The van der Waals surface area contributed by atoms with E-state index in [9.17, 15) is 29.4 Å². The number of carbonyl (C=O) groups is 4. The summed E-state index contributed by atoms with van der Waals surface area (Å²) in [6.45, 7) is 3.54. The average molecular weight is 747 g/mol.